The Balaban J connectivity index is 1.54. The van der Waals surface area contributed by atoms with E-state index in [9.17, 15) is 4.79 Å². The van der Waals surface area contributed by atoms with Gasteiger partial charge in [0.05, 0.1) is 14.2 Å². The van der Waals surface area contributed by atoms with Crippen LogP contribution in [-0.2, 0) is 0 Å². The summed E-state index contributed by atoms with van der Waals surface area (Å²) in [6.45, 7) is 9.19. The number of benzene rings is 2. The van der Waals surface area contributed by atoms with E-state index in [1.54, 1.807) is 32.4 Å². The zero-order valence-electron chi connectivity index (χ0n) is 21.7. The van der Waals surface area contributed by atoms with Crippen molar-refractivity contribution in [1.82, 2.24) is 14.9 Å². The largest absolute Gasteiger partial charge is 0.497 e. The molecule has 2 aromatic carbocycles. The molecule has 8 nitrogen and oxygen atoms in total. The van der Waals surface area contributed by atoms with Crippen LogP contribution in [0, 0.1) is 6.92 Å². The SMILES string of the molecule is COc1cc(NC(=O)N2CCCN(c3nc(-c4ccccc4)nc(C)c3C(C)C)CC2)cc(OC)c1. The van der Waals surface area contributed by atoms with Crippen LogP contribution in [0.3, 0.4) is 0 Å². The maximum absolute atomic E-state index is 13.1. The van der Waals surface area contributed by atoms with Gasteiger partial charge in [0, 0.05) is 66.9 Å². The minimum Gasteiger partial charge on any atom is -0.497 e. The van der Waals surface area contributed by atoms with Gasteiger partial charge < -0.3 is 24.6 Å². The first kappa shape index (κ1) is 25.3. The molecule has 1 saturated heterocycles. The number of hydrogen-bond acceptors (Lipinski definition) is 6. The van der Waals surface area contributed by atoms with Crippen LogP contribution in [-0.4, -0.2) is 61.3 Å². The van der Waals surface area contributed by atoms with E-state index in [4.69, 9.17) is 19.4 Å². The quantitative estimate of drug-likeness (QED) is 0.504. The Morgan fingerprint density at radius 3 is 2.28 bits per heavy atom. The van der Waals surface area contributed by atoms with Crippen LogP contribution in [0.25, 0.3) is 11.4 Å². The van der Waals surface area contributed by atoms with Crippen LogP contribution in [0.5, 0.6) is 11.5 Å². The second-order valence-electron chi connectivity index (χ2n) is 9.25. The molecule has 0 aliphatic carbocycles. The number of hydrogen-bond donors (Lipinski definition) is 1. The Kier molecular flexibility index (Phi) is 7.93. The number of aromatic nitrogens is 2. The maximum atomic E-state index is 13.1. The molecule has 1 aromatic heterocycles. The molecule has 190 valence electrons. The number of ether oxygens (including phenoxy) is 2. The number of anilines is 2. The summed E-state index contributed by atoms with van der Waals surface area (Å²) < 4.78 is 10.7. The van der Waals surface area contributed by atoms with Crippen molar-refractivity contribution < 1.29 is 14.3 Å². The van der Waals surface area contributed by atoms with Crippen LogP contribution < -0.4 is 19.7 Å². The molecule has 0 spiro atoms. The van der Waals surface area contributed by atoms with E-state index in [0.29, 0.717) is 36.8 Å². The molecule has 1 aliphatic heterocycles. The van der Waals surface area contributed by atoms with Crippen molar-refractivity contribution >= 4 is 17.5 Å². The number of nitrogens with zero attached hydrogens (tertiary/aromatic N) is 4. The summed E-state index contributed by atoms with van der Waals surface area (Å²) in [5.41, 5.74) is 3.80. The van der Waals surface area contributed by atoms with Gasteiger partial charge in [0.25, 0.3) is 0 Å². The zero-order chi connectivity index (χ0) is 25.7. The van der Waals surface area contributed by atoms with E-state index in [1.807, 2.05) is 35.2 Å². The van der Waals surface area contributed by atoms with E-state index < -0.39 is 0 Å². The second kappa shape index (κ2) is 11.3. The number of amides is 2. The summed E-state index contributed by atoms with van der Waals surface area (Å²) in [5.74, 6) is 3.24. The Hall–Kier alpha value is -3.81. The van der Waals surface area contributed by atoms with Crippen molar-refractivity contribution in [1.29, 1.82) is 0 Å². The molecule has 36 heavy (non-hydrogen) atoms. The van der Waals surface area contributed by atoms with Gasteiger partial charge in [0.1, 0.15) is 17.3 Å². The molecule has 1 fully saturated rings. The highest BCUT2D eigenvalue weighted by Gasteiger charge is 2.25. The monoisotopic (exact) mass is 489 g/mol. The average molecular weight is 490 g/mol. The fourth-order valence-corrected chi connectivity index (χ4v) is 4.61. The first-order chi connectivity index (χ1) is 17.4. The highest BCUT2D eigenvalue weighted by atomic mass is 16.5. The van der Waals surface area contributed by atoms with Crippen LogP contribution >= 0.6 is 0 Å². The third-order valence-electron chi connectivity index (χ3n) is 6.41. The number of carbonyl (C=O) groups is 1. The van der Waals surface area contributed by atoms with Crippen molar-refractivity contribution in [2.45, 2.75) is 33.1 Å². The molecule has 0 unspecified atom stereocenters. The van der Waals surface area contributed by atoms with Crippen molar-refractivity contribution in [3.05, 3.63) is 59.8 Å². The van der Waals surface area contributed by atoms with Gasteiger partial charge in [-0.2, -0.15) is 0 Å². The first-order valence-corrected chi connectivity index (χ1v) is 12.4. The number of carbonyl (C=O) groups excluding carboxylic acids is 1. The van der Waals surface area contributed by atoms with Crippen LogP contribution in [0.2, 0.25) is 0 Å². The number of aryl methyl sites for hydroxylation is 1. The van der Waals surface area contributed by atoms with E-state index in [2.05, 4.69) is 31.0 Å². The highest BCUT2D eigenvalue weighted by Crippen LogP contribution is 2.31. The van der Waals surface area contributed by atoms with Crippen molar-refractivity contribution in [3.63, 3.8) is 0 Å². The summed E-state index contributed by atoms with van der Waals surface area (Å²) in [7, 11) is 3.18. The Morgan fingerprint density at radius 1 is 0.944 bits per heavy atom. The van der Waals surface area contributed by atoms with Gasteiger partial charge in [-0.25, -0.2) is 14.8 Å². The third-order valence-corrected chi connectivity index (χ3v) is 6.41. The summed E-state index contributed by atoms with van der Waals surface area (Å²) in [6, 6.07) is 15.3. The lowest BCUT2D eigenvalue weighted by Crippen LogP contribution is -2.38. The predicted molar refractivity (Wildman–Crippen MR) is 143 cm³/mol. The molecule has 0 bridgehead atoms. The number of methoxy groups -OCH3 is 2. The normalized spacial score (nSPS) is 13.9. The second-order valence-corrected chi connectivity index (χ2v) is 9.25. The predicted octanol–water partition coefficient (Wildman–Crippen LogP) is 5.34. The molecule has 1 aliphatic rings. The number of rotatable bonds is 6. The van der Waals surface area contributed by atoms with Gasteiger partial charge in [-0.3, -0.25) is 0 Å². The first-order valence-electron chi connectivity index (χ1n) is 12.4. The van der Waals surface area contributed by atoms with Crippen LogP contribution in [0.1, 0.15) is 37.4 Å². The van der Waals surface area contributed by atoms with Crippen molar-refractivity contribution in [2.24, 2.45) is 0 Å². The summed E-state index contributed by atoms with van der Waals surface area (Å²) >= 11 is 0. The molecular weight excluding hydrogens is 454 g/mol. The van der Waals surface area contributed by atoms with E-state index in [0.717, 1.165) is 41.4 Å². The topological polar surface area (TPSA) is 79.8 Å². The lowest BCUT2D eigenvalue weighted by molar-refractivity contribution is 0.215. The van der Waals surface area contributed by atoms with Gasteiger partial charge in [-0.05, 0) is 19.3 Å². The summed E-state index contributed by atoms with van der Waals surface area (Å²) in [5, 5.41) is 3.00. The smallest absolute Gasteiger partial charge is 0.321 e. The van der Waals surface area contributed by atoms with Crippen LogP contribution in [0.15, 0.2) is 48.5 Å². The standard InChI is InChI=1S/C28H35N5O3/c1-19(2)25-20(3)29-26(21-10-7-6-8-11-21)31-27(25)32-12-9-13-33(15-14-32)28(34)30-22-16-23(35-4)18-24(17-22)36-5/h6-8,10-11,16-19H,9,12-15H2,1-5H3,(H,30,34). The number of urea groups is 1. The Labute approximate surface area is 213 Å². The molecular formula is C28H35N5O3. The van der Waals surface area contributed by atoms with E-state index in [-0.39, 0.29) is 11.9 Å². The van der Waals surface area contributed by atoms with E-state index >= 15 is 0 Å². The summed E-state index contributed by atoms with van der Waals surface area (Å²) in [6.07, 6.45) is 0.843. The van der Waals surface area contributed by atoms with Crippen LogP contribution in [0.4, 0.5) is 16.3 Å². The van der Waals surface area contributed by atoms with Crippen molar-refractivity contribution in [2.75, 3.05) is 50.6 Å². The molecule has 2 heterocycles. The van der Waals surface area contributed by atoms with Crippen molar-refractivity contribution in [3.8, 4) is 22.9 Å². The maximum Gasteiger partial charge on any atom is 0.321 e. The molecule has 0 radical (unpaired) electrons. The fourth-order valence-electron chi connectivity index (χ4n) is 4.61. The van der Waals surface area contributed by atoms with Gasteiger partial charge >= 0.3 is 6.03 Å². The molecule has 4 rings (SSSR count). The highest BCUT2D eigenvalue weighted by molar-refractivity contribution is 5.90. The van der Waals surface area contributed by atoms with Gasteiger partial charge in [0.2, 0.25) is 0 Å². The Morgan fingerprint density at radius 2 is 1.64 bits per heavy atom. The molecule has 8 heteroatoms. The molecule has 1 N–H and O–H groups in total. The molecule has 3 aromatic rings. The Bertz CT molecular complexity index is 1180. The fraction of sp³-hybridized carbons (Fsp3) is 0.393. The average Bonchev–Trinajstić information content (AvgIpc) is 3.14. The molecule has 2 amide bonds. The molecule has 0 atom stereocenters. The van der Waals surface area contributed by atoms with Gasteiger partial charge in [-0.15, -0.1) is 0 Å². The minimum atomic E-state index is -0.139. The zero-order valence-corrected chi connectivity index (χ0v) is 21.7. The van der Waals surface area contributed by atoms with E-state index in [1.165, 1.54) is 0 Å². The van der Waals surface area contributed by atoms with Gasteiger partial charge in [-0.1, -0.05) is 44.2 Å². The summed E-state index contributed by atoms with van der Waals surface area (Å²) in [4.78, 5) is 27.1. The van der Waals surface area contributed by atoms with Gasteiger partial charge in [0.15, 0.2) is 5.82 Å². The number of nitrogens with one attached hydrogen (secondary N) is 1. The molecule has 0 saturated carbocycles. The lowest BCUT2D eigenvalue weighted by atomic mass is 10.0. The third kappa shape index (κ3) is 5.70. The minimum absolute atomic E-state index is 0.139. The lowest BCUT2D eigenvalue weighted by Gasteiger charge is -2.27.